The summed E-state index contributed by atoms with van der Waals surface area (Å²) in [7, 11) is 0. The smallest absolute Gasteiger partial charge is 0.208 e. The molecule has 1 heterocycles. The molecule has 0 saturated carbocycles. The molecule has 0 aliphatic heterocycles. The molecule has 0 spiro atoms. The van der Waals surface area contributed by atoms with Gasteiger partial charge in [-0.1, -0.05) is 25.1 Å². The maximum absolute atomic E-state index is 13.3. The second kappa shape index (κ2) is 5.59. The summed E-state index contributed by atoms with van der Waals surface area (Å²) in [4.78, 5) is 4.12. The number of aromatic nitrogens is 1. The topological polar surface area (TPSA) is 38.1 Å². The maximum Gasteiger partial charge on any atom is 0.208 e. The lowest BCUT2D eigenvalue weighted by molar-refractivity contribution is 0.437. The van der Waals surface area contributed by atoms with Gasteiger partial charge < -0.3 is 9.73 Å². The molecule has 90 valence electrons. The number of hydrogen-bond acceptors (Lipinski definition) is 3. The normalized spacial score (nSPS) is 10.7. The van der Waals surface area contributed by atoms with Gasteiger partial charge in [0, 0.05) is 18.5 Å². The fraction of sp³-hybridized carbons (Fsp3) is 0.308. The van der Waals surface area contributed by atoms with Crippen molar-refractivity contribution in [2.75, 3.05) is 0 Å². The van der Waals surface area contributed by atoms with Crippen LogP contribution in [-0.4, -0.2) is 4.98 Å². The van der Waals surface area contributed by atoms with Crippen LogP contribution in [-0.2, 0) is 19.5 Å². The van der Waals surface area contributed by atoms with E-state index in [9.17, 15) is 4.39 Å². The molecule has 0 unspecified atom stereocenters. The highest BCUT2D eigenvalue weighted by Crippen LogP contribution is 2.07. The van der Waals surface area contributed by atoms with E-state index in [-0.39, 0.29) is 5.82 Å². The summed E-state index contributed by atoms with van der Waals surface area (Å²) in [5, 5.41) is 3.10. The molecule has 0 amide bonds. The molecule has 2 rings (SSSR count). The van der Waals surface area contributed by atoms with E-state index in [0.29, 0.717) is 24.5 Å². The number of nitrogens with one attached hydrogen (secondary N) is 1. The van der Waals surface area contributed by atoms with E-state index in [2.05, 4.69) is 10.3 Å². The summed E-state index contributed by atoms with van der Waals surface area (Å²) in [6.07, 6.45) is 2.56. The number of benzene rings is 1. The molecule has 0 fully saturated rings. The number of halogens is 1. The molecule has 1 aromatic heterocycles. The lowest BCUT2D eigenvalue weighted by Gasteiger charge is -2.03. The third-order valence-electron chi connectivity index (χ3n) is 2.50. The molecule has 1 N–H and O–H groups in total. The van der Waals surface area contributed by atoms with Crippen LogP contribution in [0.5, 0.6) is 0 Å². The van der Waals surface area contributed by atoms with Crippen molar-refractivity contribution in [2.45, 2.75) is 26.4 Å². The number of rotatable bonds is 5. The van der Waals surface area contributed by atoms with Crippen LogP contribution >= 0.6 is 0 Å². The van der Waals surface area contributed by atoms with Gasteiger partial charge in [-0.15, -0.1) is 0 Å². The highest BCUT2D eigenvalue weighted by molar-refractivity contribution is 5.16. The predicted octanol–water partition coefficient (Wildman–Crippen LogP) is 2.67. The molecule has 0 saturated heterocycles. The summed E-state index contributed by atoms with van der Waals surface area (Å²) >= 11 is 0. The molecule has 0 aliphatic rings. The molecule has 0 atom stereocenters. The largest absolute Gasteiger partial charge is 0.444 e. The standard InChI is InChI=1S/C13H15FN2O/c1-2-11-8-16-13(17-11)9-15-7-10-5-3-4-6-12(10)14/h3-6,8,15H,2,7,9H2,1H3. The first-order chi connectivity index (χ1) is 8.29. The van der Waals surface area contributed by atoms with Gasteiger partial charge in [0.1, 0.15) is 11.6 Å². The first kappa shape index (κ1) is 11.8. The van der Waals surface area contributed by atoms with Crippen LogP contribution in [0.4, 0.5) is 4.39 Å². The first-order valence-corrected chi connectivity index (χ1v) is 5.67. The van der Waals surface area contributed by atoms with E-state index >= 15 is 0 Å². The van der Waals surface area contributed by atoms with Gasteiger partial charge in [0.25, 0.3) is 0 Å². The minimum Gasteiger partial charge on any atom is -0.444 e. The Bertz CT molecular complexity index is 482. The fourth-order valence-electron chi connectivity index (χ4n) is 1.54. The third kappa shape index (κ3) is 3.14. The van der Waals surface area contributed by atoms with Gasteiger partial charge in [-0.25, -0.2) is 9.37 Å². The van der Waals surface area contributed by atoms with Crippen LogP contribution in [0.3, 0.4) is 0 Å². The number of nitrogens with zero attached hydrogens (tertiary/aromatic N) is 1. The van der Waals surface area contributed by atoms with Crippen molar-refractivity contribution >= 4 is 0 Å². The van der Waals surface area contributed by atoms with Crippen molar-refractivity contribution in [3.8, 4) is 0 Å². The second-order valence-electron chi connectivity index (χ2n) is 3.77. The van der Waals surface area contributed by atoms with Crippen molar-refractivity contribution in [3.63, 3.8) is 0 Å². The zero-order valence-corrected chi connectivity index (χ0v) is 9.74. The zero-order chi connectivity index (χ0) is 12.1. The number of oxazole rings is 1. The maximum atomic E-state index is 13.3. The lowest BCUT2D eigenvalue weighted by atomic mass is 10.2. The van der Waals surface area contributed by atoms with Crippen LogP contribution in [0.25, 0.3) is 0 Å². The first-order valence-electron chi connectivity index (χ1n) is 5.67. The molecule has 2 aromatic rings. The van der Waals surface area contributed by atoms with Gasteiger partial charge in [-0.2, -0.15) is 0 Å². The second-order valence-corrected chi connectivity index (χ2v) is 3.77. The van der Waals surface area contributed by atoms with E-state index in [1.54, 1.807) is 18.3 Å². The Morgan fingerprint density at radius 3 is 2.82 bits per heavy atom. The van der Waals surface area contributed by atoms with Gasteiger partial charge in [0.15, 0.2) is 0 Å². The number of hydrogen-bond donors (Lipinski definition) is 1. The van der Waals surface area contributed by atoms with Crippen LogP contribution in [0, 0.1) is 5.82 Å². The predicted molar refractivity (Wildman–Crippen MR) is 62.8 cm³/mol. The molecular weight excluding hydrogens is 219 g/mol. The SMILES string of the molecule is CCc1cnc(CNCc2ccccc2F)o1. The van der Waals surface area contributed by atoms with Crippen LogP contribution in [0.15, 0.2) is 34.9 Å². The summed E-state index contributed by atoms with van der Waals surface area (Å²) in [5.74, 6) is 1.31. The quantitative estimate of drug-likeness (QED) is 0.864. The summed E-state index contributed by atoms with van der Waals surface area (Å²) < 4.78 is 18.7. The molecular formula is C13H15FN2O. The van der Waals surface area contributed by atoms with Gasteiger partial charge >= 0.3 is 0 Å². The molecule has 0 aliphatic carbocycles. The Morgan fingerprint density at radius 1 is 1.29 bits per heavy atom. The average Bonchev–Trinajstić information content (AvgIpc) is 2.80. The summed E-state index contributed by atoms with van der Waals surface area (Å²) in [6.45, 7) is 2.99. The Hall–Kier alpha value is -1.68. The molecule has 4 heteroatoms. The Labute approximate surface area is 99.7 Å². The highest BCUT2D eigenvalue weighted by Gasteiger charge is 2.03. The Balaban J connectivity index is 1.85. The van der Waals surface area contributed by atoms with E-state index in [0.717, 1.165) is 12.2 Å². The molecule has 1 aromatic carbocycles. The third-order valence-corrected chi connectivity index (χ3v) is 2.50. The van der Waals surface area contributed by atoms with E-state index in [1.165, 1.54) is 6.07 Å². The van der Waals surface area contributed by atoms with Crippen LogP contribution in [0.1, 0.15) is 24.1 Å². The Kier molecular flexibility index (Phi) is 3.88. The van der Waals surface area contributed by atoms with Crippen molar-refractivity contribution in [3.05, 3.63) is 53.5 Å². The Morgan fingerprint density at radius 2 is 2.12 bits per heavy atom. The van der Waals surface area contributed by atoms with Crippen molar-refractivity contribution < 1.29 is 8.81 Å². The van der Waals surface area contributed by atoms with Crippen LogP contribution in [0.2, 0.25) is 0 Å². The van der Waals surface area contributed by atoms with E-state index in [4.69, 9.17) is 4.42 Å². The lowest BCUT2D eigenvalue weighted by Crippen LogP contribution is -2.13. The minimum atomic E-state index is -0.193. The molecule has 0 bridgehead atoms. The van der Waals surface area contributed by atoms with Gasteiger partial charge in [-0.3, -0.25) is 0 Å². The number of aryl methyl sites for hydroxylation is 1. The molecule has 0 radical (unpaired) electrons. The molecule has 3 nitrogen and oxygen atoms in total. The molecule has 17 heavy (non-hydrogen) atoms. The van der Waals surface area contributed by atoms with Crippen molar-refractivity contribution in [2.24, 2.45) is 0 Å². The van der Waals surface area contributed by atoms with E-state index < -0.39 is 0 Å². The highest BCUT2D eigenvalue weighted by atomic mass is 19.1. The van der Waals surface area contributed by atoms with Crippen molar-refractivity contribution in [1.29, 1.82) is 0 Å². The summed E-state index contributed by atoms with van der Waals surface area (Å²) in [6, 6.07) is 6.72. The fourth-order valence-corrected chi connectivity index (χ4v) is 1.54. The van der Waals surface area contributed by atoms with E-state index in [1.807, 2.05) is 13.0 Å². The average molecular weight is 234 g/mol. The van der Waals surface area contributed by atoms with Gasteiger partial charge in [-0.05, 0) is 6.07 Å². The van der Waals surface area contributed by atoms with Crippen molar-refractivity contribution in [1.82, 2.24) is 10.3 Å². The van der Waals surface area contributed by atoms with Crippen LogP contribution < -0.4 is 5.32 Å². The van der Waals surface area contributed by atoms with Gasteiger partial charge in [0.2, 0.25) is 5.89 Å². The summed E-state index contributed by atoms with van der Waals surface area (Å²) in [5.41, 5.74) is 0.648. The van der Waals surface area contributed by atoms with Gasteiger partial charge in [0.05, 0.1) is 12.7 Å². The monoisotopic (exact) mass is 234 g/mol. The zero-order valence-electron chi connectivity index (χ0n) is 9.74. The minimum absolute atomic E-state index is 0.193.